The quantitative estimate of drug-likeness (QED) is 0.863. The van der Waals surface area contributed by atoms with Crippen LogP contribution in [0.4, 0.5) is 5.69 Å². The molecule has 0 radical (unpaired) electrons. The van der Waals surface area contributed by atoms with E-state index < -0.39 is 0 Å². The highest BCUT2D eigenvalue weighted by molar-refractivity contribution is 5.96. The standard InChI is InChI=1S/C16H18N4O2/c21-15-6-16(11-20(15)13-7-17-12-18-8-13)3-4-19(10-16)9-14-2-1-5-22-14/h1-2,5,7-8,12H,3-4,6,9-11H2/t16-/m1/s1. The minimum absolute atomic E-state index is 0.0551. The highest BCUT2D eigenvalue weighted by Crippen LogP contribution is 2.41. The summed E-state index contributed by atoms with van der Waals surface area (Å²) in [5.74, 6) is 1.16. The van der Waals surface area contributed by atoms with Gasteiger partial charge in [-0.3, -0.25) is 9.69 Å². The molecule has 2 aromatic heterocycles. The molecular weight excluding hydrogens is 280 g/mol. The lowest BCUT2D eigenvalue weighted by molar-refractivity contribution is -0.117. The van der Waals surface area contributed by atoms with Crippen LogP contribution in [0.1, 0.15) is 18.6 Å². The molecule has 2 aliphatic heterocycles. The summed E-state index contributed by atoms with van der Waals surface area (Å²) >= 11 is 0. The molecule has 0 unspecified atom stereocenters. The molecule has 0 aliphatic carbocycles. The molecule has 0 aromatic carbocycles. The number of carbonyl (C=O) groups is 1. The second kappa shape index (κ2) is 5.21. The van der Waals surface area contributed by atoms with Gasteiger partial charge < -0.3 is 9.32 Å². The molecule has 0 saturated carbocycles. The maximum absolute atomic E-state index is 12.4. The molecule has 2 aromatic rings. The van der Waals surface area contributed by atoms with Crippen LogP contribution in [-0.2, 0) is 11.3 Å². The maximum Gasteiger partial charge on any atom is 0.227 e. The van der Waals surface area contributed by atoms with Gasteiger partial charge in [-0.15, -0.1) is 0 Å². The van der Waals surface area contributed by atoms with E-state index in [1.807, 2.05) is 17.0 Å². The van der Waals surface area contributed by atoms with Gasteiger partial charge in [-0.25, -0.2) is 9.97 Å². The van der Waals surface area contributed by atoms with Crippen LogP contribution < -0.4 is 4.90 Å². The molecule has 6 nitrogen and oxygen atoms in total. The number of aromatic nitrogens is 2. The largest absolute Gasteiger partial charge is 0.468 e. The van der Waals surface area contributed by atoms with Crippen LogP contribution in [0, 0.1) is 5.41 Å². The summed E-state index contributed by atoms with van der Waals surface area (Å²) < 4.78 is 5.42. The van der Waals surface area contributed by atoms with E-state index in [1.165, 1.54) is 6.33 Å². The second-order valence-electron chi connectivity index (χ2n) is 6.29. The highest BCUT2D eigenvalue weighted by atomic mass is 16.3. The van der Waals surface area contributed by atoms with Gasteiger partial charge >= 0.3 is 0 Å². The van der Waals surface area contributed by atoms with Crippen molar-refractivity contribution in [2.24, 2.45) is 5.41 Å². The molecule has 1 amide bonds. The number of anilines is 1. The topological polar surface area (TPSA) is 62.5 Å². The molecular formula is C16H18N4O2. The predicted molar refractivity (Wildman–Crippen MR) is 80.0 cm³/mol. The molecule has 6 heteroatoms. The smallest absolute Gasteiger partial charge is 0.227 e. The van der Waals surface area contributed by atoms with E-state index in [0.29, 0.717) is 6.42 Å². The minimum atomic E-state index is 0.0551. The highest BCUT2D eigenvalue weighted by Gasteiger charge is 2.47. The van der Waals surface area contributed by atoms with Crippen LogP contribution in [0.3, 0.4) is 0 Å². The Morgan fingerprint density at radius 3 is 2.91 bits per heavy atom. The SMILES string of the molecule is O=C1C[C@@]2(CCN(Cc3ccco3)C2)CN1c1cncnc1. The van der Waals surface area contributed by atoms with E-state index in [-0.39, 0.29) is 11.3 Å². The van der Waals surface area contributed by atoms with Crippen molar-refractivity contribution < 1.29 is 9.21 Å². The number of carbonyl (C=O) groups excluding carboxylic acids is 1. The van der Waals surface area contributed by atoms with E-state index in [9.17, 15) is 4.79 Å². The van der Waals surface area contributed by atoms with Crippen molar-refractivity contribution in [3.8, 4) is 0 Å². The number of likely N-dealkylation sites (tertiary alicyclic amines) is 1. The fourth-order valence-corrected chi connectivity index (χ4v) is 3.62. The lowest BCUT2D eigenvalue weighted by atomic mass is 9.86. The van der Waals surface area contributed by atoms with E-state index in [0.717, 1.165) is 44.0 Å². The average Bonchev–Trinajstić information content (AvgIpc) is 3.23. The van der Waals surface area contributed by atoms with Crippen LogP contribution in [0.15, 0.2) is 41.5 Å². The number of rotatable bonds is 3. The summed E-state index contributed by atoms with van der Waals surface area (Å²) in [4.78, 5) is 24.6. The number of amides is 1. The molecule has 4 heterocycles. The van der Waals surface area contributed by atoms with Crippen molar-refractivity contribution in [2.45, 2.75) is 19.4 Å². The molecule has 2 aliphatic rings. The van der Waals surface area contributed by atoms with E-state index >= 15 is 0 Å². The Bertz CT molecular complexity index is 658. The first-order chi connectivity index (χ1) is 10.7. The summed E-state index contributed by atoms with van der Waals surface area (Å²) in [5.41, 5.74) is 0.855. The third-order valence-electron chi connectivity index (χ3n) is 4.66. The maximum atomic E-state index is 12.4. The van der Waals surface area contributed by atoms with Crippen molar-refractivity contribution in [1.29, 1.82) is 0 Å². The van der Waals surface area contributed by atoms with Crippen LogP contribution in [-0.4, -0.2) is 40.4 Å². The number of hydrogen-bond acceptors (Lipinski definition) is 5. The van der Waals surface area contributed by atoms with E-state index in [2.05, 4.69) is 14.9 Å². The molecule has 22 heavy (non-hydrogen) atoms. The molecule has 1 atom stereocenters. The number of nitrogens with zero attached hydrogens (tertiary/aromatic N) is 4. The van der Waals surface area contributed by atoms with E-state index in [1.54, 1.807) is 18.7 Å². The van der Waals surface area contributed by atoms with Gasteiger partial charge in [0.05, 0.1) is 30.9 Å². The van der Waals surface area contributed by atoms with Crippen molar-refractivity contribution in [3.63, 3.8) is 0 Å². The fourth-order valence-electron chi connectivity index (χ4n) is 3.62. The van der Waals surface area contributed by atoms with Crippen molar-refractivity contribution in [3.05, 3.63) is 42.9 Å². The Morgan fingerprint density at radius 1 is 1.27 bits per heavy atom. The van der Waals surface area contributed by atoms with Crippen LogP contribution in [0.2, 0.25) is 0 Å². The lowest BCUT2D eigenvalue weighted by Gasteiger charge is -2.23. The zero-order valence-electron chi connectivity index (χ0n) is 12.3. The van der Waals surface area contributed by atoms with Gasteiger partial charge in [-0.1, -0.05) is 0 Å². The summed E-state index contributed by atoms with van der Waals surface area (Å²) in [6.45, 7) is 3.52. The van der Waals surface area contributed by atoms with Crippen LogP contribution in [0.5, 0.6) is 0 Å². The Balaban J connectivity index is 1.46. The zero-order chi connectivity index (χ0) is 15.0. The Labute approximate surface area is 128 Å². The van der Waals surface area contributed by atoms with Gasteiger partial charge in [0.2, 0.25) is 5.91 Å². The molecule has 2 fully saturated rings. The first-order valence-electron chi connectivity index (χ1n) is 7.54. The number of furan rings is 1. The molecule has 0 bridgehead atoms. The monoisotopic (exact) mass is 298 g/mol. The molecule has 2 saturated heterocycles. The van der Waals surface area contributed by atoms with Crippen molar-refractivity contribution >= 4 is 11.6 Å². The molecule has 4 rings (SSSR count). The lowest BCUT2D eigenvalue weighted by Crippen LogP contribution is -2.31. The van der Waals surface area contributed by atoms with Gasteiger partial charge in [-0.2, -0.15) is 0 Å². The number of hydrogen-bond donors (Lipinski definition) is 0. The predicted octanol–water partition coefficient (Wildman–Crippen LogP) is 1.70. The first kappa shape index (κ1) is 13.5. The summed E-state index contributed by atoms with van der Waals surface area (Å²) in [7, 11) is 0. The Morgan fingerprint density at radius 2 is 2.14 bits per heavy atom. The second-order valence-corrected chi connectivity index (χ2v) is 6.29. The van der Waals surface area contributed by atoms with Crippen molar-refractivity contribution in [1.82, 2.24) is 14.9 Å². The minimum Gasteiger partial charge on any atom is -0.468 e. The van der Waals surface area contributed by atoms with Gasteiger partial charge in [0.25, 0.3) is 0 Å². The zero-order valence-corrected chi connectivity index (χ0v) is 12.3. The molecule has 1 spiro atoms. The fraction of sp³-hybridized carbons (Fsp3) is 0.438. The normalized spacial score (nSPS) is 25.5. The Hall–Kier alpha value is -2.21. The van der Waals surface area contributed by atoms with Crippen molar-refractivity contribution in [2.75, 3.05) is 24.5 Å². The van der Waals surface area contributed by atoms with Gasteiger partial charge in [0.1, 0.15) is 12.1 Å². The average molecular weight is 298 g/mol. The molecule has 0 N–H and O–H groups in total. The van der Waals surface area contributed by atoms with Crippen LogP contribution in [0.25, 0.3) is 0 Å². The summed E-state index contributed by atoms with van der Waals surface area (Å²) in [6.07, 6.45) is 8.26. The van der Waals surface area contributed by atoms with E-state index in [4.69, 9.17) is 4.42 Å². The summed E-state index contributed by atoms with van der Waals surface area (Å²) in [6, 6.07) is 3.91. The van der Waals surface area contributed by atoms with Crippen LogP contribution >= 0.6 is 0 Å². The molecule has 114 valence electrons. The Kier molecular flexibility index (Phi) is 3.18. The summed E-state index contributed by atoms with van der Waals surface area (Å²) in [5, 5.41) is 0. The first-order valence-corrected chi connectivity index (χ1v) is 7.54. The van der Waals surface area contributed by atoms with Gasteiger partial charge in [-0.05, 0) is 25.1 Å². The third-order valence-corrected chi connectivity index (χ3v) is 4.66. The third kappa shape index (κ3) is 2.39. The van der Waals surface area contributed by atoms with Gasteiger partial charge in [0, 0.05) is 24.9 Å². The van der Waals surface area contributed by atoms with Gasteiger partial charge in [0.15, 0.2) is 0 Å².